The van der Waals surface area contributed by atoms with Crippen molar-refractivity contribution in [2.45, 2.75) is 11.4 Å². The molecule has 0 saturated heterocycles. The Bertz CT molecular complexity index is 1590. The minimum absolute atomic E-state index is 0.0792. The van der Waals surface area contributed by atoms with Gasteiger partial charge in [-0.2, -0.15) is 0 Å². The van der Waals surface area contributed by atoms with Gasteiger partial charge in [-0.15, -0.1) is 0 Å². The summed E-state index contributed by atoms with van der Waals surface area (Å²) in [4.78, 5) is 19.9. The number of nitrogens with zero attached hydrogens (tertiary/aromatic N) is 4. The molecule has 4 aromatic rings. The summed E-state index contributed by atoms with van der Waals surface area (Å²) in [6.45, 7) is -0.220. The van der Waals surface area contributed by atoms with Crippen LogP contribution in [0.25, 0.3) is 11.0 Å². The average Bonchev–Trinajstić information content (AvgIpc) is 3.32. The van der Waals surface area contributed by atoms with E-state index >= 15 is 8.78 Å². The van der Waals surface area contributed by atoms with Crippen molar-refractivity contribution in [3.05, 3.63) is 72.1 Å². The number of methoxy groups -OCH3 is 2. The third-order valence-corrected chi connectivity index (χ3v) is 7.71. The first-order chi connectivity index (χ1) is 17.2. The number of halogens is 2. The molecule has 0 atom stereocenters. The summed E-state index contributed by atoms with van der Waals surface area (Å²) >= 11 is 0. The van der Waals surface area contributed by atoms with Crippen LogP contribution in [-0.4, -0.2) is 44.7 Å². The number of amides is 2. The fraction of sp³-hybridized carbons (Fsp3) is 0.167. The molecule has 9 nitrogen and oxygen atoms in total. The molecule has 36 heavy (non-hydrogen) atoms. The lowest BCUT2D eigenvalue weighted by atomic mass is 10.1. The first-order valence-electron chi connectivity index (χ1n) is 10.7. The Kier molecular flexibility index (Phi) is 5.55. The summed E-state index contributed by atoms with van der Waals surface area (Å²) < 4.78 is 67.7. The maximum atomic E-state index is 15.1. The van der Waals surface area contributed by atoms with E-state index in [1.165, 1.54) is 56.8 Å². The zero-order valence-electron chi connectivity index (χ0n) is 19.4. The van der Waals surface area contributed by atoms with E-state index in [1.807, 2.05) is 0 Å². The molecule has 3 heterocycles. The number of urea groups is 1. The van der Waals surface area contributed by atoms with Crippen molar-refractivity contribution in [2.24, 2.45) is 0 Å². The summed E-state index contributed by atoms with van der Waals surface area (Å²) in [7, 11) is -0.0812. The van der Waals surface area contributed by atoms with Gasteiger partial charge in [0.2, 0.25) is 0 Å². The zero-order chi connectivity index (χ0) is 25.8. The molecule has 2 aromatic carbocycles. The number of carbonyl (C=O) groups excluding carboxylic acids is 1. The quantitative estimate of drug-likeness (QED) is 0.397. The largest absolute Gasteiger partial charge is 0.493 e. The average molecular weight is 515 g/mol. The molecule has 12 heteroatoms. The number of ether oxygens (including phenoxy) is 2. The fourth-order valence-electron chi connectivity index (χ4n) is 4.30. The summed E-state index contributed by atoms with van der Waals surface area (Å²) in [5, 5.41) is 0.395. The van der Waals surface area contributed by atoms with Crippen LogP contribution in [0, 0.1) is 11.6 Å². The molecule has 0 unspecified atom stereocenters. The lowest BCUT2D eigenvalue weighted by molar-refractivity contribution is 0.250. The number of hydrogen-bond acceptors (Lipinski definition) is 6. The molecule has 0 aliphatic carbocycles. The minimum Gasteiger partial charge on any atom is -0.493 e. The molecule has 0 bridgehead atoms. The van der Waals surface area contributed by atoms with Crippen molar-refractivity contribution >= 4 is 38.5 Å². The number of aromatic nitrogens is 2. The third-order valence-electron chi connectivity index (χ3n) is 6.03. The van der Waals surface area contributed by atoms with Gasteiger partial charge < -0.3 is 9.47 Å². The van der Waals surface area contributed by atoms with Gasteiger partial charge in [0.1, 0.15) is 5.69 Å². The second-order valence-electron chi connectivity index (χ2n) is 7.98. The molecule has 0 fully saturated rings. The number of benzene rings is 2. The number of anilines is 2. The van der Waals surface area contributed by atoms with Crippen molar-refractivity contribution < 1.29 is 31.5 Å². The van der Waals surface area contributed by atoms with E-state index in [1.54, 1.807) is 18.2 Å². The second kappa shape index (κ2) is 8.48. The molecule has 5 rings (SSSR count). The van der Waals surface area contributed by atoms with Gasteiger partial charge in [-0.25, -0.2) is 30.9 Å². The fourth-order valence-corrected chi connectivity index (χ4v) is 5.62. The molecule has 0 spiro atoms. The third kappa shape index (κ3) is 3.36. The monoisotopic (exact) mass is 514 g/mol. The maximum absolute atomic E-state index is 15.1. The number of carbonyl (C=O) groups is 1. The van der Waals surface area contributed by atoms with Gasteiger partial charge in [-0.3, -0.25) is 9.80 Å². The smallest absolute Gasteiger partial charge is 0.329 e. The van der Waals surface area contributed by atoms with Gasteiger partial charge in [-0.05, 0) is 18.2 Å². The zero-order valence-corrected chi connectivity index (χ0v) is 20.2. The highest BCUT2D eigenvalue weighted by atomic mass is 32.2. The summed E-state index contributed by atoms with van der Waals surface area (Å²) in [6.07, 6.45) is 2.75. The van der Waals surface area contributed by atoms with Crippen LogP contribution in [-0.2, 0) is 16.6 Å². The van der Waals surface area contributed by atoms with Crippen LogP contribution in [0.4, 0.5) is 25.0 Å². The van der Waals surface area contributed by atoms with Crippen LogP contribution in [0.2, 0.25) is 0 Å². The molecule has 186 valence electrons. The van der Waals surface area contributed by atoms with Gasteiger partial charge in [-0.1, -0.05) is 18.2 Å². The first kappa shape index (κ1) is 23.5. The summed E-state index contributed by atoms with van der Waals surface area (Å²) in [5.41, 5.74) is 0.336. The predicted molar refractivity (Wildman–Crippen MR) is 128 cm³/mol. The van der Waals surface area contributed by atoms with Gasteiger partial charge in [0.15, 0.2) is 28.8 Å². The Morgan fingerprint density at radius 3 is 2.22 bits per heavy atom. The van der Waals surface area contributed by atoms with Crippen LogP contribution in [0.15, 0.2) is 59.8 Å². The van der Waals surface area contributed by atoms with Crippen LogP contribution < -0.4 is 19.3 Å². The lowest BCUT2D eigenvalue weighted by Crippen LogP contribution is -2.46. The Labute approximate surface area is 205 Å². The number of fused-ring (bicyclic) bond motifs is 3. The highest BCUT2D eigenvalue weighted by Gasteiger charge is 2.36. The number of hydrogen-bond donors (Lipinski definition) is 0. The Morgan fingerprint density at radius 2 is 1.61 bits per heavy atom. The second-order valence-corrected chi connectivity index (χ2v) is 9.80. The van der Waals surface area contributed by atoms with Crippen LogP contribution >= 0.6 is 0 Å². The molecule has 0 N–H and O–H groups in total. The number of rotatable bonds is 5. The van der Waals surface area contributed by atoms with Crippen molar-refractivity contribution in [3.8, 4) is 11.5 Å². The maximum Gasteiger partial charge on any atom is 0.329 e. The Morgan fingerprint density at radius 1 is 0.972 bits per heavy atom. The topological polar surface area (TPSA) is 94.0 Å². The van der Waals surface area contributed by atoms with Crippen molar-refractivity contribution in [2.75, 3.05) is 31.1 Å². The lowest BCUT2D eigenvalue weighted by Gasteiger charge is -2.35. The Balaban J connectivity index is 1.65. The molecule has 0 radical (unpaired) electrons. The first-order valence-corrected chi connectivity index (χ1v) is 12.1. The van der Waals surface area contributed by atoms with Gasteiger partial charge >= 0.3 is 6.03 Å². The van der Waals surface area contributed by atoms with Crippen LogP contribution in [0.3, 0.4) is 0 Å². The van der Waals surface area contributed by atoms with Crippen molar-refractivity contribution in [1.82, 2.24) is 8.96 Å². The number of pyridine rings is 1. The highest BCUT2D eigenvalue weighted by Crippen LogP contribution is 2.42. The van der Waals surface area contributed by atoms with Gasteiger partial charge in [0.25, 0.3) is 10.0 Å². The standard InChI is InChI=1S/C24H20F2N4O5S/c1-28-21-14(13-29(24(28)31)22-19(25)17(34-2)11-18(35-3)20(22)26)12-27-23-16(21)9-10-30(23)36(32,33)15-7-5-4-6-8-15/h4-12H,13H2,1-3H3. The molecular formula is C24H20F2N4O5S. The van der Waals surface area contributed by atoms with Gasteiger partial charge in [0, 0.05) is 36.5 Å². The molecule has 2 amide bonds. The van der Waals surface area contributed by atoms with E-state index in [0.29, 0.717) is 16.6 Å². The van der Waals surface area contributed by atoms with Crippen LogP contribution in [0.5, 0.6) is 11.5 Å². The SMILES string of the molecule is COc1cc(OC)c(F)c(N2Cc3cnc4c(ccn4S(=O)(=O)c4ccccc4)c3N(C)C2=O)c1F. The minimum atomic E-state index is -3.95. The van der Waals surface area contributed by atoms with E-state index in [2.05, 4.69) is 4.98 Å². The Hall–Kier alpha value is -4.19. The summed E-state index contributed by atoms with van der Waals surface area (Å²) in [5.74, 6) is -2.70. The van der Waals surface area contributed by atoms with Gasteiger partial charge in [0.05, 0.1) is 31.3 Å². The molecular weight excluding hydrogens is 494 g/mol. The molecule has 2 aromatic heterocycles. The van der Waals surface area contributed by atoms with E-state index < -0.39 is 33.4 Å². The van der Waals surface area contributed by atoms with E-state index in [-0.39, 0.29) is 28.6 Å². The van der Waals surface area contributed by atoms with Crippen molar-refractivity contribution in [3.63, 3.8) is 0 Å². The van der Waals surface area contributed by atoms with E-state index in [9.17, 15) is 13.2 Å². The van der Waals surface area contributed by atoms with Crippen molar-refractivity contribution in [1.29, 1.82) is 0 Å². The molecule has 1 aliphatic heterocycles. The summed E-state index contributed by atoms with van der Waals surface area (Å²) in [6, 6.07) is 9.73. The van der Waals surface area contributed by atoms with Crippen LogP contribution in [0.1, 0.15) is 5.56 Å². The normalized spacial score (nSPS) is 13.8. The molecule has 0 saturated carbocycles. The molecule has 1 aliphatic rings. The van der Waals surface area contributed by atoms with E-state index in [4.69, 9.17) is 9.47 Å². The highest BCUT2D eigenvalue weighted by molar-refractivity contribution is 7.90. The predicted octanol–water partition coefficient (Wildman–Crippen LogP) is 4.15. The van der Waals surface area contributed by atoms with E-state index in [0.717, 1.165) is 14.9 Å².